The Morgan fingerprint density at radius 1 is 1.00 bits per heavy atom. The molecule has 0 radical (unpaired) electrons. The molecule has 0 atom stereocenters. The van der Waals surface area contributed by atoms with Gasteiger partial charge in [-0.25, -0.2) is 9.78 Å². The number of para-hydroxylation sites is 1. The second-order valence-electron chi connectivity index (χ2n) is 6.47. The fraction of sp³-hybridized carbons (Fsp3) is 0.190. The lowest BCUT2D eigenvalue weighted by atomic mass is 10.1. The number of amides is 2. The van der Waals surface area contributed by atoms with Gasteiger partial charge >= 0.3 is 6.03 Å². The van der Waals surface area contributed by atoms with Crippen LogP contribution < -0.4 is 15.5 Å². The van der Waals surface area contributed by atoms with E-state index in [9.17, 15) is 4.79 Å². The second kappa shape index (κ2) is 9.15. The highest BCUT2D eigenvalue weighted by Gasteiger charge is 2.18. The van der Waals surface area contributed by atoms with E-state index in [-0.39, 0.29) is 6.03 Å². The molecular weight excluding hydrogens is 406 g/mol. The van der Waals surface area contributed by atoms with Crippen LogP contribution in [0.25, 0.3) is 11.3 Å². The lowest BCUT2D eigenvalue weighted by molar-refractivity contribution is 0.262. The van der Waals surface area contributed by atoms with Crippen LogP contribution in [0.15, 0.2) is 60.9 Å². The molecule has 0 saturated carbocycles. The number of carbonyl (C=O) groups excluding carboxylic acids is 1. The third kappa shape index (κ3) is 4.81. The maximum Gasteiger partial charge on any atom is 0.323 e. The highest BCUT2D eigenvalue weighted by atomic mass is 35.5. The molecule has 148 valence electrons. The van der Waals surface area contributed by atoms with Crippen LogP contribution in [0.4, 0.5) is 22.0 Å². The van der Waals surface area contributed by atoms with Crippen molar-refractivity contribution >= 4 is 46.6 Å². The zero-order valence-electron chi connectivity index (χ0n) is 15.6. The van der Waals surface area contributed by atoms with Gasteiger partial charge < -0.3 is 15.5 Å². The molecule has 8 heteroatoms. The van der Waals surface area contributed by atoms with Crippen molar-refractivity contribution in [2.75, 3.05) is 40.1 Å². The molecule has 3 aromatic rings. The van der Waals surface area contributed by atoms with E-state index in [1.54, 1.807) is 24.5 Å². The maximum atomic E-state index is 12.4. The molecule has 4 rings (SSSR count). The van der Waals surface area contributed by atoms with Gasteiger partial charge in [0.2, 0.25) is 0 Å². The maximum absolute atomic E-state index is 12.4. The first kappa shape index (κ1) is 19.5. The van der Waals surface area contributed by atoms with Crippen molar-refractivity contribution in [1.82, 2.24) is 9.97 Å². The van der Waals surface area contributed by atoms with Crippen LogP contribution in [0.5, 0.6) is 0 Å². The molecule has 2 N–H and O–H groups in total. The minimum atomic E-state index is -0.359. The number of nitrogens with zero attached hydrogens (tertiary/aromatic N) is 3. The predicted octanol–water partition coefficient (Wildman–Crippen LogP) is 4.99. The van der Waals surface area contributed by atoms with Crippen LogP contribution in [-0.2, 0) is 0 Å². The fourth-order valence-corrected chi connectivity index (χ4v) is 4.22. The van der Waals surface area contributed by atoms with E-state index in [2.05, 4.69) is 25.5 Å². The second-order valence-corrected chi connectivity index (χ2v) is 8.10. The van der Waals surface area contributed by atoms with Crippen LogP contribution in [-0.4, -0.2) is 40.6 Å². The van der Waals surface area contributed by atoms with Crippen LogP contribution in [0.2, 0.25) is 5.02 Å². The fourth-order valence-electron chi connectivity index (χ4n) is 3.13. The molecule has 0 spiro atoms. The first-order valence-corrected chi connectivity index (χ1v) is 10.8. The van der Waals surface area contributed by atoms with E-state index in [1.165, 1.54) is 0 Å². The van der Waals surface area contributed by atoms with E-state index in [0.717, 1.165) is 41.7 Å². The minimum absolute atomic E-state index is 0.359. The van der Waals surface area contributed by atoms with Crippen molar-refractivity contribution in [3.8, 4) is 11.3 Å². The molecular formula is C21H20ClN5OS. The van der Waals surface area contributed by atoms with Gasteiger partial charge in [0, 0.05) is 48.2 Å². The molecule has 6 nitrogen and oxygen atoms in total. The van der Waals surface area contributed by atoms with Crippen molar-refractivity contribution in [2.24, 2.45) is 0 Å². The predicted molar refractivity (Wildman–Crippen MR) is 121 cm³/mol. The van der Waals surface area contributed by atoms with Crippen molar-refractivity contribution in [2.45, 2.75) is 0 Å². The number of benzene rings is 2. The van der Waals surface area contributed by atoms with Gasteiger partial charge in [-0.3, -0.25) is 4.98 Å². The summed E-state index contributed by atoms with van der Waals surface area (Å²) >= 11 is 8.06. The molecule has 1 aliphatic heterocycles. The lowest BCUT2D eigenvalue weighted by Gasteiger charge is -2.28. The Kier molecular flexibility index (Phi) is 6.17. The Morgan fingerprint density at radius 3 is 2.62 bits per heavy atom. The number of hydrogen-bond acceptors (Lipinski definition) is 5. The Balaban J connectivity index is 1.54. The third-order valence-corrected chi connectivity index (χ3v) is 5.78. The van der Waals surface area contributed by atoms with E-state index in [4.69, 9.17) is 11.6 Å². The molecule has 2 aromatic carbocycles. The molecule has 0 aliphatic carbocycles. The molecule has 1 fully saturated rings. The first-order chi connectivity index (χ1) is 14.2. The number of hydrogen-bond donors (Lipinski definition) is 2. The van der Waals surface area contributed by atoms with Crippen LogP contribution >= 0.6 is 23.4 Å². The first-order valence-electron chi connectivity index (χ1n) is 9.27. The zero-order chi connectivity index (χ0) is 20.1. The molecule has 0 unspecified atom stereocenters. The number of aromatic nitrogens is 2. The number of carbonyl (C=O) groups is 1. The molecule has 2 heterocycles. The van der Waals surface area contributed by atoms with Crippen molar-refractivity contribution in [3.63, 3.8) is 0 Å². The van der Waals surface area contributed by atoms with Crippen molar-refractivity contribution < 1.29 is 4.79 Å². The van der Waals surface area contributed by atoms with Gasteiger partial charge in [-0.1, -0.05) is 35.9 Å². The lowest BCUT2D eigenvalue weighted by Crippen LogP contribution is -2.33. The number of nitrogens with one attached hydrogen (secondary N) is 2. The largest absolute Gasteiger partial charge is 0.353 e. The highest BCUT2D eigenvalue weighted by molar-refractivity contribution is 7.99. The average Bonchev–Trinajstić information content (AvgIpc) is 2.76. The number of rotatable bonds is 4. The van der Waals surface area contributed by atoms with Gasteiger partial charge in [0.1, 0.15) is 5.69 Å². The highest BCUT2D eigenvalue weighted by Crippen LogP contribution is 2.30. The molecule has 2 amide bonds. The molecule has 0 bridgehead atoms. The van der Waals surface area contributed by atoms with E-state index >= 15 is 0 Å². The monoisotopic (exact) mass is 425 g/mol. The summed E-state index contributed by atoms with van der Waals surface area (Å²) in [4.78, 5) is 23.8. The summed E-state index contributed by atoms with van der Waals surface area (Å²) in [7, 11) is 0. The van der Waals surface area contributed by atoms with Gasteiger partial charge in [-0.05, 0) is 24.3 Å². The Morgan fingerprint density at radius 2 is 1.79 bits per heavy atom. The van der Waals surface area contributed by atoms with Gasteiger partial charge in [0.05, 0.1) is 10.7 Å². The average molecular weight is 426 g/mol. The zero-order valence-corrected chi connectivity index (χ0v) is 17.2. The summed E-state index contributed by atoms with van der Waals surface area (Å²) in [6.07, 6.45) is 3.42. The summed E-state index contributed by atoms with van der Waals surface area (Å²) in [5, 5.41) is 6.10. The summed E-state index contributed by atoms with van der Waals surface area (Å²) in [5.74, 6) is 3.05. The third-order valence-electron chi connectivity index (χ3n) is 4.51. The van der Waals surface area contributed by atoms with Crippen LogP contribution in [0, 0.1) is 0 Å². The van der Waals surface area contributed by atoms with Gasteiger partial charge in [-0.2, -0.15) is 11.8 Å². The topological polar surface area (TPSA) is 70.2 Å². The molecule has 1 aromatic heterocycles. The summed E-state index contributed by atoms with van der Waals surface area (Å²) in [5.41, 5.74) is 2.94. The Labute approximate surface area is 178 Å². The molecule has 1 aliphatic rings. The Hall–Kier alpha value is -2.77. The number of thioether (sulfide) groups is 1. The smallest absolute Gasteiger partial charge is 0.323 e. The quantitative estimate of drug-likeness (QED) is 0.615. The van der Waals surface area contributed by atoms with Crippen LogP contribution in [0.3, 0.4) is 0 Å². The molecule has 29 heavy (non-hydrogen) atoms. The van der Waals surface area contributed by atoms with Crippen molar-refractivity contribution in [1.29, 1.82) is 0 Å². The van der Waals surface area contributed by atoms with Crippen molar-refractivity contribution in [3.05, 3.63) is 65.9 Å². The SMILES string of the molecule is O=C(Nc1cccc(-c2nccnc2N2CCSCC2)c1)Nc1ccccc1Cl. The number of halogens is 1. The van der Waals surface area contributed by atoms with Gasteiger partial charge in [0.25, 0.3) is 0 Å². The Bertz CT molecular complexity index is 1010. The van der Waals surface area contributed by atoms with Crippen LogP contribution in [0.1, 0.15) is 0 Å². The standard InChI is InChI=1S/C21H20ClN5OS/c22-17-6-1-2-7-18(17)26-21(28)25-16-5-3-4-15(14-16)19-20(24-9-8-23-19)27-10-12-29-13-11-27/h1-9,14H,10-13H2,(H2,25,26,28). The normalized spacial score (nSPS) is 13.8. The molecule has 1 saturated heterocycles. The van der Waals surface area contributed by atoms with E-state index in [0.29, 0.717) is 16.4 Å². The van der Waals surface area contributed by atoms with Gasteiger partial charge in [-0.15, -0.1) is 0 Å². The van der Waals surface area contributed by atoms with Gasteiger partial charge in [0.15, 0.2) is 5.82 Å². The number of anilines is 3. The minimum Gasteiger partial charge on any atom is -0.353 e. The summed E-state index contributed by atoms with van der Waals surface area (Å²) in [6.45, 7) is 1.91. The number of urea groups is 1. The van der Waals surface area contributed by atoms with E-state index < -0.39 is 0 Å². The summed E-state index contributed by atoms with van der Waals surface area (Å²) in [6, 6.07) is 14.4. The van der Waals surface area contributed by atoms with E-state index in [1.807, 2.05) is 48.2 Å². The summed E-state index contributed by atoms with van der Waals surface area (Å²) < 4.78 is 0.